The van der Waals surface area contributed by atoms with Gasteiger partial charge in [-0.05, 0) is 31.2 Å². The summed E-state index contributed by atoms with van der Waals surface area (Å²) in [4.78, 5) is 38.5. The van der Waals surface area contributed by atoms with Crippen LogP contribution in [-0.2, 0) is 9.59 Å². The zero-order chi connectivity index (χ0) is 19.4. The molecule has 1 N–H and O–H groups in total. The molecule has 0 bridgehead atoms. The topological polar surface area (TPSA) is 84.9 Å². The highest BCUT2D eigenvalue weighted by atomic mass is 16.5. The number of urea groups is 1. The highest BCUT2D eigenvalue weighted by Gasteiger charge is 2.38. The van der Waals surface area contributed by atoms with E-state index in [0.29, 0.717) is 23.7 Å². The molecule has 7 nitrogen and oxygen atoms in total. The largest absolute Gasteiger partial charge is 0.496 e. The van der Waals surface area contributed by atoms with Crippen molar-refractivity contribution >= 4 is 29.6 Å². The molecule has 2 aromatic carbocycles. The van der Waals surface area contributed by atoms with E-state index in [2.05, 4.69) is 5.32 Å². The van der Waals surface area contributed by atoms with Crippen molar-refractivity contribution in [1.82, 2.24) is 5.32 Å². The van der Waals surface area contributed by atoms with E-state index >= 15 is 0 Å². The average Bonchev–Trinajstić information content (AvgIpc) is 2.67. The second-order valence-electron chi connectivity index (χ2n) is 5.60. The summed E-state index contributed by atoms with van der Waals surface area (Å²) in [7, 11) is 1.49. The Labute approximate surface area is 156 Å². The van der Waals surface area contributed by atoms with E-state index in [-0.39, 0.29) is 11.3 Å². The third-order valence-electron chi connectivity index (χ3n) is 3.95. The standard InChI is InChI=1S/C20H18N2O5/c1-3-27-17-11-7-5-9-15(17)22-19(24)14(18(23)21-20(22)25)12-13-8-4-6-10-16(13)26-2/h4-12H,3H2,1-2H3,(H,21,23,25)/b14-12+. The number of ether oxygens (including phenoxy) is 2. The van der Waals surface area contributed by atoms with Crippen LogP contribution >= 0.6 is 0 Å². The number of methoxy groups -OCH3 is 1. The molecule has 1 aliphatic rings. The quantitative estimate of drug-likeness (QED) is 0.650. The molecule has 0 unspecified atom stereocenters. The number of carbonyl (C=O) groups excluding carboxylic acids is 3. The summed E-state index contributed by atoms with van der Waals surface area (Å²) in [5.41, 5.74) is 0.636. The van der Waals surface area contributed by atoms with Crippen molar-refractivity contribution in [3.05, 3.63) is 59.7 Å². The van der Waals surface area contributed by atoms with Crippen LogP contribution in [0, 0.1) is 0 Å². The van der Waals surface area contributed by atoms with E-state index in [1.54, 1.807) is 55.5 Å². The third kappa shape index (κ3) is 3.52. The molecule has 0 saturated carbocycles. The maximum absolute atomic E-state index is 13.0. The molecule has 1 fully saturated rings. The molecule has 4 amide bonds. The summed E-state index contributed by atoms with van der Waals surface area (Å²) in [5.74, 6) is -0.624. The first kappa shape index (κ1) is 18.2. The lowest BCUT2D eigenvalue weighted by Gasteiger charge is -2.27. The summed E-state index contributed by atoms with van der Waals surface area (Å²) in [6, 6.07) is 12.8. The summed E-state index contributed by atoms with van der Waals surface area (Å²) < 4.78 is 10.8. The maximum atomic E-state index is 13.0. The lowest BCUT2D eigenvalue weighted by molar-refractivity contribution is -0.122. The molecule has 0 atom stereocenters. The Morgan fingerprint density at radius 2 is 1.67 bits per heavy atom. The van der Waals surface area contributed by atoms with Gasteiger partial charge in [-0.25, -0.2) is 9.69 Å². The molecule has 7 heteroatoms. The van der Waals surface area contributed by atoms with Crippen LogP contribution in [0.5, 0.6) is 11.5 Å². The minimum Gasteiger partial charge on any atom is -0.496 e. The van der Waals surface area contributed by atoms with Crippen molar-refractivity contribution in [3.8, 4) is 11.5 Å². The molecule has 2 aromatic rings. The number of imide groups is 2. The smallest absolute Gasteiger partial charge is 0.336 e. The minimum atomic E-state index is -0.825. The number of anilines is 1. The van der Waals surface area contributed by atoms with Gasteiger partial charge in [-0.2, -0.15) is 0 Å². The van der Waals surface area contributed by atoms with Crippen molar-refractivity contribution in [2.24, 2.45) is 0 Å². The van der Waals surface area contributed by atoms with Crippen LogP contribution in [0.15, 0.2) is 54.1 Å². The predicted molar refractivity (Wildman–Crippen MR) is 99.6 cm³/mol. The normalized spacial score (nSPS) is 15.7. The number of hydrogen-bond acceptors (Lipinski definition) is 5. The number of amides is 4. The van der Waals surface area contributed by atoms with Crippen molar-refractivity contribution < 1.29 is 23.9 Å². The minimum absolute atomic E-state index is 0.176. The fourth-order valence-corrected chi connectivity index (χ4v) is 2.74. The number of carbonyl (C=O) groups is 3. The van der Waals surface area contributed by atoms with Crippen LogP contribution in [0.25, 0.3) is 6.08 Å². The second-order valence-corrected chi connectivity index (χ2v) is 5.60. The zero-order valence-electron chi connectivity index (χ0n) is 14.9. The Bertz CT molecular complexity index is 935. The van der Waals surface area contributed by atoms with Gasteiger partial charge in [0.05, 0.1) is 19.4 Å². The molecule has 0 aromatic heterocycles. The van der Waals surface area contributed by atoms with Gasteiger partial charge in [0.1, 0.15) is 17.1 Å². The fraction of sp³-hybridized carbons (Fsp3) is 0.150. The first-order valence-corrected chi connectivity index (χ1v) is 8.33. The molecule has 0 aliphatic carbocycles. The van der Waals surface area contributed by atoms with Crippen molar-refractivity contribution in [1.29, 1.82) is 0 Å². The van der Waals surface area contributed by atoms with E-state index < -0.39 is 17.8 Å². The van der Waals surface area contributed by atoms with Crippen molar-refractivity contribution in [2.45, 2.75) is 6.92 Å². The van der Waals surface area contributed by atoms with Gasteiger partial charge in [-0.1, -0.05) is 30.3 Å². The lowest BCUT2D eigenvalue weighted by atomic mass is 10.1. The lowest BCUT2D eigenvalue weighted by Crippen LogP contribution is -2.54. The van der Waals surface area contributed by atoms with Crippen molar-refractivity contribution in [2.75, 3.05) is 18.6 Å². The number of nitrogens with one attached hydrogen (secondary N) is 1. The van der Waals surface area contributed by atoms with E-state index in [1.165, 1.54) is 13.2 Å². The summed E-state index contributed by atoms with van der Waals surface area (Å²) in [5, 5.41) is 2.20. The van der Waals surface area contributed by atoms with Gasteiger partial charge in [0.15, 0.2) is 0 Å². The third-order valence-corrected chi connectivity index (χ3v) is 3.95. The Kier molecular flexibility index (Phi) is 5.21. The van der Waals surface area contributed by atoms with Crippen LogP contribution < -0.4 is 19.7 Å². The first-order valence-electron chi connectivity index (χ1n) is 8.33. The van der Waals surface area contributed by atoms with E-state index in [4.69, 9.17) is 9.47 Å². The summed E-state index contributed by atoms with van der Waals surface area (Å²) >= 11 is 0. The second kappa shape index (κ2) is 7.74. The van der Waals surface area contributed by atoms with E-state index in [1.807, 2.05) is 0 Å². The number of benzene rings is 2. The first-order chi connectivity index (χ1) is 13.1. The Morgan fingerprint density at radius 1 is 1.00 bits per heavy atom. The van der Waals surface area contributed by atoms with Crippen LogP contribution in [-0.4, -0.2) is 31.6 Å². The molecule has 138 valence electrons. The van der Waals surface area contributed by atoms with Crippen LogP contribution in [0.4, 0.5) is 10.5 Å². The van der Waals surface area contributed by atoms with Gasteiger partial charge in [0.25, 0.3) is 11.8 Å². The van der Waals surface area contributed by atoms with Crippen LogP contribution in [0.1, 0.15) is 12.5 Å². The zero-order valence-corrected chi connectivity index (χ0v) is 14.9. The highest BCUT2D eigenvalue weighted by molar-refractivity contribution is 6.39. The SMILES string of the molecule is CCOc1ccccc1N1C(=O)NC(=O)/C(=C\c2ccccc2OC)C1=O. The maximum Gasteiger partial charge on any atom is 0.336 e. The van der Waals surface area contributed by atoms with E-state index in [0.717, 1.165) is 4.90 Å². The van der Waals surface area contributed by atoms with Gasteiger partial charge in [-0.3, -0.25) is 14.9 Å². The van der Waals surface area contributed by atoms with Gasteiger partial charge in [0.2, 0.25) is 0 Å². The molecule has 3 rings (SSSR count). The molecule has 0 spiro atoms. The number of hydrogen-bond donors (Lipinski definition) is 1. The summed E-state index contributed by atoms with van der Waals surface area (Å²) in [6.45, 7) is 2.16. The number of rotatable bonds is 5. The summed E-state index contributed by atoms with van der Waals surface area (Å²) in [6.07, 6.45) is 1.40. The number of para-hydroxylation sites is 3. The fourth-order valence-electron chi connectivity index (χ4n) is 2.74. The molecule has 0 radical (unpaired) electrons. The van der Waals surface area contributed by atoms with E-state index in [9.17, 15) is 14.4 Å². The highest BCUT2D eigenvalue weighted by Crippen LogP contribution is 2.31. The molecule has 27 heavy (non-hydrogen) atoms. The predicted octanol–water partition coefficient (Wildman–Crippen LogP) is 2.76. The monoisotopic (exact) mass is 366 g/mol. The van der Waals surface area contributed by atoms with Gasteiger partial charge in [-0.15, -0.1) is 0 Å². The number of barbiturate groups is 1. The number of nitrogens with zero attached hydrogens (tertiary/aromatic N) is 1. The van der Waals surface area contributed by atoms with Gasteiger partial charge in [0, 0.05) is 5.56 Å². The Balaban J connectivity index is 2.06. The van der Waals surface area contributed by atoms with Crippen molar-refractivity contribution in [3.63, 3.8) is 0 Å². The van der Waals surface area contributed by atoms with Gasteiger partial charge >= 0.3 is 6.03 Å². The molecular formula is C20H18N2O5. The van der Waals surface area contributed by atoms with Gasteiger partial charge < -0.3 is 9.47 Å². The Morgan fingerprint density at radius 3 is 2.37 bits per heavy atom. The molecule has 1 heterocycles. The Hall–Kier alpha value is -3.61. The molecular weight excluding hydrogens is 348 g/mol. The molecule has 1 aliphatic heterocycles. The molecule has 1 saturated heterocycles. The average molecular weight is 366 g/mol. The van der Waals surface area contributed by atoms with Crippen LogP contribution in [0.3, 0.4) is 0 Å². The van der Waals surface area contributed by atoms with Crippen LogP contribution in [0.2, 0.25) is 0 Å².